The van der Waals surface area contributed by atoms with Gasteiger partial charge in [0.15, 0.2) is 5.79 Å². The number of hydrogen-bond donors (Lipinski definition) is 0. The van der Waals surface area contributed by atoms with E-state index in [1.165, 1.54) is 0 Å². The van der Waals surface area contributed by atoms with E-state index in [4.69, 9.17) is 9.47 Å². The molecular formula is C9H12F2O3. The predicted octanol–water partition coefficient (Wildman–Crippen LogP) is 1.51. The highest BCUT2D eigenvalue weighted by molar-refractivity contribution is 5.85. The van der Waals surface area contributed by atoms with E-state index in [9.17, 15) is 13.6 Å². The summed E-state index contributed by atoms with van der Waals surface area (Å²) in [5.74, 6) is -5.09. The van der Waals surface area contributed by atoms with Gasteiger partial charge in [0.1, 0.15) is 0 Å². The molecule has 1 spiro atoms. The van der Waals surface area contributed by atoms with Gasteiger partial charge in [-0.3, -0.25) is 4.79 Å². The minimum Gasteiger partial charge on any atom is -0.348 e. The Morgan fingerprint density at radius 3 is 2.36 bits per heavy atom. The van der Waals surface area contributed by atoms with Crippen LogP contribution in [0.2, 0.25) is 0 Å². The third kappa shape index (κ3) is 1.66. The van der Waals surface area contributed by atoms with Gasteiger partial charge in [0.2, 0.25) is 5.78 Å². The fourth-order valence-corrected chi connectivity index (χ4v) is 1.88. The lowest BCUT2D eigenvalue weighted by Crippen LogP contribution is -2.29. The third-order valence-corrected chi connectivity index (χ3v) is 2.77. The van der Waals surface area contributed by atoms with Gasteiger partial charge in [-0.05, 0) is 0 Å². The summed E-state index contributed by atoms with van der Waals surface area (Å²) >= 11 is 0. The van der Waals surface area contributed by atoms with Gasteiger partial charge in [0.25, 0.3) is 0 Å². The number of carbonyl (C=O) groups excluding carboxylic acids is 1. The van der Waals surface area contributed by atoms with Crippen LogP contribution >= 0.6 is 0 Å². The fraction of sp³-hybridized carbons (Fsp3) is 0.889. The van der Waals surface area contributed by atoms with Gasteiger partial charge in [0, 0.05) is 25.7 Å². The summed E-state index contributed by atoms with van der Waals surface area (Å²) < 4.78 is 36.7. The molecular weight excluding hydrogens is 194 g/mol. The van der Waals surface area contributed by atoms with Gasteiger partial charge in [-0.1, -0.05) is 0 Å². The SMILES string of the molecule is O=C1CCC2(CCC1(F)F)OCCO2. The number of carbonyl (C=O) groups is 1. The van der Waals surface area contributed by atoms with E-state index in [1.807, 2.05) is 0 Å². The Morgan fingerprint density at radius 1 is 1.07 bits per heavy atom. The lowest BCUT2D eigenvalue weighted by Gasteiger charge is -2.24. The number of ether oxygens (including phenoxy) is 2. The van der Waals surface area contributed by atoms with Crippen LogP contribution in [0, 0.1) is 0 Å². The van der Waals surface area contributed by atoms with Crippen molar-refractivity contribution in [3.63, 3.8) is 0 Å². The summed E-state index contributed by atoms with van der Waals surface area (Å²) in [5, 5.41) is 0. The number of halogens is 2. The molecule has 80 valence electrons. The molecule has 0 bridgehead atoms. The molecule has 1 aliphatic heterocycles. The van der Waals surface area contributed by atoms with Crippen LogP contribution in [0.25, 0.3) is 0 Å². The first kappa shape index (κ1) is 9.98. The van der Waals surface area contributed by atoms with Crippen LogP contribution in [-0.4, -0.2) is 30.7 Å². The van der Waals surface area contributed by atoms with Crippen LogP contribution in [0.15, 0.2) is 0 Å². The number of Topliss-reactive ketones (excluding diaryl/α,β-unsaturated/α-hetero) is 1. The molecule has 2 rings (SSSR count). The average Bonchev–Trinajstić information content (AvgIpc) is 2.56. The van der Waals surface area contributed by atoms with Gasteiger partial charge in [-0.2, -0.15) is 8.78 Å². The molecule has 0 aromatic heterocycles. The Hall–Kier alpha value is -0.550. The molecule has 14 heavy (non-hydrogen) atoms. The van der Waals surface area contributed by atoms with Gasteiger partial charge in [-0.15, -0.1) is 0 Å². The molecule has 0 atom stereocenters. The fourth-order valence-electron chi connectivity index (χ4n) is 1.88. The smallest absolute Gasteiger partial charge is 0.305 e. The van der Waals surface area contributed by atoms with E-state index in [-0.39, 0.29) is 19.3 Å². The zero-order valence-electron chi connectivity index (χ0n) is 7.72. The molecule has 1 saturated carbocycles. The van der Waals surface area contributed by atoms with Crippen LogP contribution in [0.4, 0.5) is 8.78 Å². The summed E-state index contributed by atoms with van der Waals surface area (Å²) in [6.45, 7) is 0.861. The minimum absolute atomic E-state index is 0.103. The summed E-state index contributed by atoms with van der Waals surface area (Å²) in [4.78, 5) is 11.0. The lowest BCUT2D eigenvalue weighted by atomic mass is 10.1. The number of hydrogen-bond acceptors (Lipinski definition) is 3. The van der Waals surface area contributed by atoms with Crippen molar-refractivity contribution in [3.05, 3.63) is 0 Å². The van der Waals surface area contributed by atoms with Crippen molar-refractivity contribution < 1.29 is 23.0 Å². The van der Waals surface area contributed by atoms with Crippen molar-refractivity contribution in [1.29, 1.82) is 0 Å². The molecule has 1 heterocycles. The molecule has 2 fully saturated rings. The van der Waals surface area contributed by atoms with Crippen LogP contribution < -0.4 is 0 Å². The maximum absolute atomic E-state index is 13.0. The highest BCUT2D eigenvalue weighted by Crippen LogP contribution is 2.38. The zero-order valence-corrected chi connectivity index (χ0v) is 7.72. The summed E-state index contributed by atoms with van der Waals surface area (Å²) in [6, 6.07) is 0. The lowest BCUT2D eigenvalue weighted by molar-refractivity contribution is -0.168. The van der Waals surface area contributed by atoms with Crippen LogP contribution in [0.1, 0.15) is 25.7 Å². The predicted molar refractivity (Wildman–Crippen MR) is 43.1 cm³/mol. The molecule has 2 aliphatic rings. The number of ketones is 1. The third-order valence-electron chi connectivity index (χ3n) is 2.77. The Balaban J connectivity index is 2.10. The van der Waals surface area contributed by atoms with Crippen LogP contribution in [-0.2, 0) is 14.3 Å². The van der Waals surface area contributed by atoms with Crippen LogP contribution in [0.3, 0.4) is 0 Å². The molecule has 0 radical (unpaired) electrons. The van der Waals surface area contributed by atoms with Gasteiger partial charge < -0.3 is 9.47 Å². The van der Waals surface area contributed by atoms with Crippen molar-refractivity contribution >= 4 is 5.78 Å². The quantitative estimate of drug-likeness (QED) is 0.602. The first-order valence-corrected chi connectivity index (χ1v) is 4.73. The Bertz CT molecular complexity index is 246. The van der Waals surface area contributed by atoms with Gasteiger partial charge in [-0.25, -0.2) is 0 Å². The van der Waals surface area contributed by atoms with E-state index in [2.05, 4.69) is 0 Å². The first-order valence-electron chi connectivity index (χ1n) is 4.73. The molecule has 0 aromatic carbocycles. The van der Waals surface area contributed by atoms with Crippen molar-refractivity contribution in [3.8, 4) is 0 Å². The molecule has 1 saturated heterocycles. The number of alkyl halides is 2. The Labute approximate surface area is 80.4 Å². The van der Waals surface area contributed by atoms with E-state index in [0.29, 0.717) is 13.2 Å². The summed E-state index contributed by atoms with van der Waals surface area (Å²) in [6.07, 6.45) is -0.272. The highest BCUT2D eigenvalue weighted by atomic mass is 19.3. The second-order valence-electron chi connectivity index (χ2n) is 3.74. The van der Waals surface area contributed by atoms with Crippen molar-refractivity contribution in [2.45, 2.75) is 37.4 Å². The summed E-state index contributed by atoms with van der Waals surface area (Å²) in [7, 11) is 0. The number of rotatable bonds is 0. The molecule has 5 heteroatoms. The largest absolute Gasteiger partial charge is 0.348 e. The molecule has 0 unspecified atom stereocenters. The minimum atomic E-state index is -3.20. The monoisotopic (exact) mass is 206 g/mol. The van der Waals surface area contributed by atoms with Crippen molar-refractivity contribution in [1.82, 2.24) is 0 Å². The summed E-state index contributed by atoms with van der Waals surface area (Å²) in [5.41, 5.74) is 0. The van der Waals surface area contributed by atoms with Gasteiger partial charge >= 0.3 is 5.92 Å². The van der Waals surface area contributed by atoms with E-state index in [1.54, 1.807) is 0 Å². The van der Waals surface area contributed by atoms with Gasteiger partial charge in [0.05, 0.1) is 13.2 Å². The molecule has 0 N–H and O–H groups in total. The topological polar surface area (TPSA) is 35.5 Å². The molecule has 3 nitrogen and oxygen atoms in total. The molecule has 0 amide bonds. The first-order chi connectivity index (χ1) is 6.54. The van der Waals surface area contributed by atoms with E-state index < -0.39 is 23.9 Å². The van der Waals surface area contributed by atoms with E-state index >= 15 is 0 Å². The highest BCUT2D eigenvalue weighted by Gasteiger charge is 2.48. The van der Waals surface area contributed by atoms with E-state index in [0.717, 1.165) is 0 Å². The van der Waals surface area contributed by atoms with Crippen molar-refractivity contribution in [2.24, 2.45) is 0 Å². The maximum atomic E-state index is 13.0. The van der Waals surface area contributed by atoms with Crippen molar-refractivity contribution in [2.75, 3.05) is 13.2 Å². The van der Waals surface area contributed by atoms with Crippen LogP contribution in [0.5, 0.6) is 0 Å². The Kier molecular flexibility index (Phi) is 2.31. The molecule has 1 aliphatic carbocycles. The Morgan fingerprint density at radius 2 is 1.71 bits per heavy atom. The second-order valence-corrected chi connectivity index (χ2v) is 3.74. The standard InChI is InChI=1S/C9H12F2O3/c10-9(11)4-3-8(2-1-7(9)12)13-5-6-14-8/h1-6H2. The molecule has 0 aromatic rings. The normalized spacial score (nSPS) is 30.6. The zero-order chi connectivity index (χ0) is 10.2. The second kappa shape index (κ2) is 3.24. The maximum Gasteiger partial charge on any atom is 0.305 e. The average molecular weight is 206 g/mol.